The first-order valence-electron chi connectivity index (χ1n) is 7.70. The highest BCUT2D eigenvalue weighted by atomic mass is 32.2. The molecule has 3 rings (SSSR count). The number of hydrogen-bond donors (Lipinski definition) is 1. The Morgan fingerprint density at radius 1 is 1.32 bits per heavy atom. The molecule has 1 N–H and O–H groups in total. The van der Waals surface area contributed by atoms with Crippen LogP contribution < -0.4 is 4.74 Å². The Labute approximate surface area is 149 Å². The van der Waals surface area contributed by atoms with E-state index in [1.807, 2.05) is 6.92 Å². The summed E-state index contributed by atoms with van der Waals surface area (Å²) in [6.45, 7) is 2.35. The Bertz CT molecular complexity index is 1000. The minimum Gasteiger partial charge on any atom is -0.494 e. The number of hydrogen-bond acceptors (Lipinski definition) is 5. The number of benzene rings is 1. The summed E-state index contributed by atoms with van der Waals surface area (Å²) in [5, 5.41) is 12.9. The van der Waals surface area contributed by atoms with Crippen LogP contribution in [0.2, 0.25) is 0 Å². The van der Waals surface area contributed by atoms with Crippen LogP contribution in [0.3, 0.4) is 0 Å². The lowest BCUT2D eigenvalue weighted by Crippen LogP contribution is -2.10. The molecule has 0 aliphatic rings. The molecule has 2 heterocycles. The van der Waals surface area contributed by atoms with E-state index >= 15 is 0 Å². The van der Waals surface area contributed by atoms with Crippen molar-refractivity contribution < 1.29 is 23.1 Å². The van der Waals surface area contributed by atoms with E-state index in [4.69, 9.17) is 9.84 Å². The standard InChI is InChI=1S/C17H17NO5S2/c1-2-23-13-4-5-16-15(9-13)12(3-6-17(19)20)10-18(16)25(21,22)14-7-8-24-11-14/h4-5,7-11H,2-3,6H2,1H3,(H,19,20). The summed E-state index contributed by atoms with van der Waals surface area (Å²) in [6, 6.07) is 6.72. The van der Waals surface area contributed by atoms with Crippen LogP contribution in [0.1, 0.15) is 18.9 Å². The van der Waals surface area contributed by atoms with Crippen LogP contribution in [0, 0.1) is 0 Å². The molecular weight excluding hydrogens is 362 g/mol. The third kappa shape index (κ3) is 3.40. The molecular formula is C17H17NO5S2. The van der Waals surface area contributed by atoms with E-state index in [9.17, 15) is 13.2 Å². The maximum atomic E-state index is 12.9. The van der Waals surface area contributed by atoms with E-state index in [-0.39, 0.29) is 17.7 Å². The average molecular weight is 379 g/mol. The molecule has 25 heavy (non-hydrogen) atoms. The van der Waals surface area contributed by atoms with Crippen LogP contribution in [-0.4, -0.2) is 30.1 Å². The highest BCUT2D eigenvalue weighted by Crippen LogP contribution is 2.30. The number of carboxylic acid groups (broad SMARTS) is 1. The SMILES string of the molecule is CCOc1ccc2c(c1)c(CCC(=O)O)cn2S(=O)(=O)c1ccsc1. The van der Waals surface area contributed by atoms with Crippen LogP contribution in [0.15, 0.2) is 46.1 Å². The quantitative estimate of drug-likeness (QED) is 0.680. The summed E-state index contributed by atoms with van der Waals surface area (Å²) >= 11 is 1.31. The Morgan fingerprint density at radius 3 is 2.76 bits per heavy atom. The fourth-order valence-electron chi connectivity index (χ4n) is 2.65. The molecule has 8 heteroatoms. The van der Waals surface area contributed by atoms with Gasteiger partial charge in [0.2, 0.25) is 0 Å². The molecule has 0 unspecified atom stereocenters. The van der Waals surface area contributed by atoms with Gasteiger partial charge in [-0.05, 0) is 48.6 Å². The van der Waals surface area contributed by atoms with Crippen LogP contribution in [-0.2, 0) is 21.2 Å². The first kappa shape index (κ1) is 17.5. The molecule has 0 aliphatic heterocycles. The second-order valence-corrected chi connectivity index (χ2v) is 8.01. The summed E-state index contributed by atoms with van der Waals surface area (Å²) in [5.74, 6) is -0.306. The van der Waals surface area contributed by atoms with Gasteiger partial charge in [0, 0.05) is 23.4 Å². The number of carbonyl (C=O) groups is 1. The van der Waals surface area contributed by atoms with Gasteiger partial charge in [0.05, 0.1) is 17.0 Å². The summed E-state index contributed by atoms with van der Waals surface area (Å²) in [6.07, 6.45) is 1.68. The highest BCUT2D eigenvalue weighted by Gasteiger charge is 2.22. The average Bonchev–Trinajstić information content (AvgIpc) is 3.22. The van der Waals surface area contributed by atoms with Crippen molar-refractivity contribution >= 4 is 38.2 Å². The molecule has 0 saturated heterocycles. The number of thiophene rings is 1. The number of aromatic nitrogens is 1. The molecule has 0 radical (unpaired) electrons. The van der Waals surface area contributed by atoms with E-state index < -0.39 is 16.0 Å². The summed E-state index contributed by atoms with van der Waals surface area (Å²) < 4.78 is 32.5. The van der Waals surface area contributed by atoms with Crippen LogP contribution in [0.5, 0.6) is 5.75 Å². The molecule has 132 valence electrons. The molecule has 0 spiro atoms. The lowest BCUT2D eigenvalue weighted by Gasteiger charge is -2.07. The molecule has 0 bridgehead atoms. The number of ether oxygens (including phenoxy) is 1. The Kier molecular flexibility index (Phi) is 4.82. The number of rotatable bonds is 7. The topological polar surface area (TPSA) is 85.6 Å². The molecule has 0 amide bonds. The van der Waals surface area contributed by atoms with E-state index in [0.717, 1.165) is 0 Å². The maximum Gasteiger partial charge on any atom is 0.303 e. The predicted molar refractivity (Wildman–Crippen MR) is 96.0 cm³/mol. The zero-order valence-electron chi connectivity index (χ0n) is 13.5. The Morgan fingerprint density at radius 2 is 2.12 bits per heavy atom. The minimum absolute atomic E-state index is 0.0729. The lowest BCUT2D eigenvalue weighted by atomic mass is 10.1. The monoisotopic (exact) mass is 379 g/mol. The molecule has 3 aromatic rings. The van der Waals surface area contributed by atoms with Gasteiger partial charge in [0.15, 0.2) is 0 Å². The second kappa shape index (κ2) is 6.89. The van der Waals surface area contributed by atoms with E-state index in [0.29, 0.717) is 28.8 Å². The Hall–Kier alpha value is -2.32. The lowest BCUT2D eigenvalue weighted by molar-refractivity contribution is -0.136. The molecule has 6 nitrogen and oxygen atoms in total. The van der Waals surface area contributed by atoms with Gasteiger partial charge in [-0.1, -0.05) is 0 Å². The third-order valence-corrected chi connectivity index (χ3v) is 6.30. The summed E-state index contributed by atoms with van der Waals surface area (Å²) in [5.41, 5.74) is 1.17. The van der Waals surface area contributed by atoms with Crippen LogP contribution >= 0.6 is 11.3 Å². The van der Waals surface area contributed by atoms with Crippen molar-refractivity contribution in [2.24, 2.45) is 0 Å². The smallest absolute Gasteiger partial charge is 0.303 e. The normalized spacial score (nSPS) is 11.7. The first-order chi connectivity index (χ1) is 11.9. The van der Waals surface area contributed by atoms with E-state index in [2.05, 4.69) is 0 Å². The fraction of sp³-hybridized carbons (Fsp3) is 0.235. The largest absolute Gasteiger partial charge is 0.494 e. The fourth-order valence-corrected chi connectivity index (χ4v) is 5.06. The Balaban J connectivity index is 2.17. The van der Waals surface area contributed by atoms with Crippen LogP contribution in [0.4, 0.5) is 0 Å². The highest BCUT2D eigenvalue weighted by molar-refractivity contribution is 7.90. The summed E-state index contributed by atoms with van der Waals surface area (Å²) in [7, 11) is -3.73. The zero-order valence-corrected chi connectivity index (χ0v) is 15.1. The zero-order chi connectivity index (χ0) is 18.0. The van der Waals surface area contributed by atoms with Gasteiger partial charge < -0.3 is 9.84 Å². The van der Waals surface area contributed by atoms with Gasteiger partial charge in [0.25, 0.3) is 10.0 Å². The van der Waals surface area contributed by atoms with Gasteiger partial charge in [-0.2, -0.15) is 11.3 Å². The molecule has 0 atom stereocenters. The van der Waals surface area contributed by atoms with Gasteiger partial charge >= 0.3 is 5.97 Å². The molecule has 0 aliphatic carbocycles. The predicted octanol–water partition coefficient (Wildman–Crippen LogP) is 3.36. The van der Waals surface area contributed by atoms with Crippen molar-refractivity contribution in [3.05, 3.63) is 46.8 Å². The molecule has 0 fully saturated rings. The maximum absolute atomic E-state index is 12.9. The number of aryl methyl sites for hydroxylation is 1. The van der Waals surface area contributed by atoms with Crippen molar-refractivity contribution in [3.63, 3.8) is 0 Å². The number of fused-ring (bicyclic) bond motifs is 1. The molecule has 1 aromatic carbocycles. The van der Waals surface area contributed by atoms with Crippen molar-refractivity contribution in [1.82, 2.24) is 3.97 Å². The molecule has 0 saturated carbocycles. The van der Waals surface area contributed by atoms with Crippen molar-refractivity contribution in [2.45, 2.75) is 24.7 Å². The third-order valence-electron chi connectivity index (χ3n) is 3.80. The van der Waals surface area contributed by atoms with E-state index in [1.54, 1.807) is 35.0 Å². The van der Waals surface area contributed by atoms with Gasteiger partial charge in [-0.3, -0.25) is 4.79 Å². The van der Waals surface area contributed by atoms with Crippen molar-refractivity contribution in [1.29, 1.82) is 0 Å². The van der Waals surface area contributed by atoms with Crippen molar-refractivity contribution in [3.8, 4) is 5.75 Å². The number of carboxylic acids is 1. The van der Waals surface area contributed by atoms with Gasteiger partial charge in [-0.25, -0.2) is 12.4 Å². The van der Waals surface area contributed by atoms with E-state index in [1.165, 1.54) is 21.5 Å². The minimum atomic E-state index is -3.73. The summed E-state index contributed by atoms with van der Waals surface area (Å²) in [4.78, 5) is 11.1. The van der Waals surface area contributed by atoms with Crippen LogP contribution in [0.25, 0.3) is 10.9 Å². The van der Waals surface area contributed by atoms with Gasteiger partial charge in [0.1, 0.15) is 5.75 Å². The van der Waals surface area contributed by atoms with Gasteiger partial charge in [-0.15, -0.1) is 0 Å². The second-order valence-electron chi connectivity index (χ2n) is 5.42. The van der Waals surface area contributed by atoms with Crippen molar-refractivity contribution in [2.75, 3.05) is 6.61 Å². The number of nitrogens with zero attached hydrogens (tertiary/aromatic N) is 1. The first-order valence-corrected chi connectivity index (χ1v) is 10.1. The molecule has 2 aromatic heterocycles. The number of aliphatic carboxylic acids is 1.